The highest BCUT2D eigenvalue weighted by Gasteiger charge is 2.45. The number of nitrogens with one attached hydrogen (secondary N) is 1. The summed E-state index contributed by atoms with van der Waals surface area (Å²) in [4.78, 5) is 0.0573. The normalized spacial score (nSPS) is 21.1. The maximum Gasteiger partial charge on any atom is 0.183 e. The molecule has 158 valence electrons. The Hall–Kier alpha value is -1.81. The van der Waals surface area contributed by atoms with Crippen molar-refractivity contribution in [1.82, 2.24) is 5.32 Å². The first-order valence-electron chi connectivity index (χ1n) is 8.80. The molecule has 1 fully saturated rings. The molecule has 29 heavy (non-hydrogen) atoms. The van der Waals surface area contributed by atoms with E-state index in [-0.39, 0.29) is 17.2 Å². The number of halogens is 1. The number of hydrogen-bond donors (Lipinski definition) is 1. The van der Waals surface area contributed by atoms with Crippen LogP contribution in [0.25, 0.3) is 0 Å². The first-order valence-corrected chi connectivity index (χ1v) is 12.5. The Balaban J connectivity index is 1.83. The predicted molar refractivity (Wildman–Crippen MR) is 111 cm³/mol. The van der Waals surface area contributed by atoms with E-state index < -0.39 is 36.7 Å². The monoisotopic (exact) mass is 459 g/mol. The summed E-state index contributed by atoms with van der Waals surface area (Å²) in [6.07, 6.45) is 0. The van der Waals surface area contributed by atoms with Crippen LogP contribution in [0.1, 0.15) is 5.56 Å². The molecule has 1 heterocycles. The van der Waals surface area contributed by atoms with Crippen LogP contribution in [0.3, 0.4) is 0 Å². The molecule has 0 amide bonds. The topological polar surface area (TPSA) is 98.8 Å². The van der Waals surface area contributed by atoms with E-state index in [4.69, 9.17) is 21.1 Å². The number of sulfone groups is 2. The van der Waals surface area contributed by atoms with Crippen molar-refractivity contribution in [3.8, 4) is 11.5 Å². The van der Waals surface area contributed by atoms with Crippen LogP contribution in [0.5, 0.6) is 11.5 Å². The fourth-order valence-electron chi connectivity index (χ4n) is 3.35. The summed E-state index contributed by atoms with van der Waals surface area (Å²) in [7, 11) is -4.28. The molecule has 1 N–H and O–H groups in total. The Labute approximate surface area is 175 Å². The molecule has 0 unspecified atom stereocenters. The lowest BCUT2D eigenvalue weighted by molar-refractivity contribution is 0.354. The van der Waals surface area contributed by atoms with Gasteiger partial charge in [0.25, 0.3) is 0 Å². The Kier molecular flexibility index (Phi) is 6.42. The fraction of sp³-hybridized carbons (Fsp3) is 0.368. The van der Waals surface area contributed by atoms with Crippen molar-refractivity contribution in [1.29, 1.82) is 0 Å². The molecule has 0 aliphatic carbocycles. The summed E-state index contributed by atoms with van der Waals surface area (Å²) in [5.74, 6) is 0.457. The van der Waals surface area contributed by atoms with E-state index in [2.05, 4.69) is 5.32 Å². The van der Waals surface area contributed by atoms with Gasteiger partial charge in [-0.3, -0.25) is 0 Å². The number of benzene rings is 2. The molecule has 1 aliphatic heterocycles. The smallest absolute Gasteiger partial charge is 0.183 e. The van der Waals surface area contributed by atoms with Gasteiger partial charge >= 0.3 is 0 Å². The van der Waals surface area contributed by atoms with E-state index >= 15 is 0 Å². The highest BCUT2D eigenvalue weighted by Crippen LogP contribution is 2.29. The number of ether oxygens (including phenoxy) is 2. The van der Waals surface area contributed by atoms with Crippen LogP contribution in [0.4, 0.5) is 0 Å². The summed E-state index contributed by atoms with van der Waals surface area (Å²) in [5, 5.41) is 2.43. The molecule has 10 heteroatoms. The first kappa shape index (κ1) is 21.9. The molecule has 3 rings (SSSR count). The number of rotatable bonds is 7. The molecule has 2 aromatic carbocycles. The third-order valence-corrected chi connectivity index (χ3v) is 9.28. The second kappa shape index (κ2) is 8.51. The van der Waals surface area contributed by atoms with Crippen molar-refractivity contribution in [2.24, 2.45) is 0 Å². The molecule has 1 aliphatic rings. The molecular formula is C19H22ClNO6S2. The maximum absolute atomic E-state index is 13.1. The van der Waals surface area contributed by atoms with E-state index in [0.717, 1.165) is 5.56 Å². The van der Waals surface area contributed by atoms with Crippen LogP contribution >= 0.6 is 11.6 Å². The third kappa shape index (κ3) is 4.85. The lowest BCUT2D eigenvalue weighted by atomic mass is 10.1. The van der Waals surface area contributed by atoms with Gasteiger partial charge in [-0.15, -0.1) is 0 Å². The molecule has 0 aromatic heterocycles. The molecule has 7 nitrogen and oxygen atoms in total. The van der Waals surface area contributed by atoms with E-state index in [1.165, 1.54) is 38.5 Å². The molecule has 0 spiro atoms. The minimum atomic E-state index is -3.85. The minimum absolute atomic E-state index is 0.0573. The largest absolute Gasteiger partial charge is 0.493 e. The van der Waals surface area contributed by atoms with Crippen LogP contribution in [0.2, 0.25) is 5.02 Å². The van der Waals surface area contributed by atoms with Gasteiger partial charge in [-0.2, -0.15) is 0 Å². The molecule has 2 atom stereocenters. The standard InChI is InChI=1S/C19H22ClNO6S2/c1-26-17-8-3-13(9-18(17)27-2)10-21-16-11-28(22,23)12-19(16)29(24,25)15-6-4-14(20)5-7-15/h3-9,16,19,21H,10-12H2,1-2H3/t16-,19-/m0/s1. The van der Waals surface area contributed by atoms with Crippen molar-refractivity contribution in [3.63, 3.8) is 0 Å². The van der Waals surface area contributed by atoms with E-state index in [9.17, 15) is 16.8 Å². The molecule has 0 bridgehead atoms. The van der Waals surface area contributed by atoms with Crippen LogP contribution < -0.4 is 14.8 Å². The van der Waals surface area contributed by atoms with Crippen LogP contribution in [0, 0.1) is 0 Å². The SMILES string of the molecule is COc1ccc(CN[C@H]2CS(=O)(=O)C[C@@H]2S(=O)(=O)c2ccc(Cl)cc2)cc1OC. The Morgan fingerprint density at radius 2 is 1.69 bits per heavy atom. The number of hydrogen-bond acceptors (Lipinski definition) is 7. The van der Waals surface area contributed by atoms with Crippen molar-refractivity contribution in [2.75, 3.05) is 25.7 Å². The van der Waals surface area contributed by atoms with Crippen molar-refractivity contribution in [2.45, 2.75) is 22.7 Å². The molecular weight excluding hydrogens is 438 g/mol. The maximum atomic E-state index is 13.1. The molecule has 1 saturated heterocycles. The second-order valence-corrected chi connectivity index (χ2v) is 11.5. The first-order chi connectivity index (χ1) is 13.7. The van der Waals surface area contributed by atoms with Gasteiger partial charge in [0, 0.05) is 17.6 Å². The van der Waals surface area contributed by atoms with Gasteiger partial charge in [-0.1, -0.05) is 17.7 Å². The van der Waals surface area contributed by atoms with Crippen molar-refractivity contribution < 1.29 is 26.3 Å². The van der Waals surface area contributed by atoms with Crippen LogP contribution in [0.15, 0.2) is 47.4 Å². The lowest BCUT2D eigenvalue weighted by Gasteiger charge is -2.20. The van der Waals surface area contributed by atoms with Gasteiger partial charge in [0.05, 0.1) is 35.9 Å². The van der Waals surface area contributed by atoms with Gasteiger partial charge in [0.15, 0.2) is 31.2 Å². The predicted octanol–water partition coefficient (Wildman–Crippen LogP) is 2.09. The summed E-state index contributed by atoms with van der Waals surface area (Å²) >= 11 is 5.84. The Morgan fingerprint density at radius 3 is 2.31 bits per heavy atom. The summed E-state index contributed by atoms with van der Waals surface area (Å²) < 4.78 is 61.0. The van der Waals surface area contributed by atoms with E-state index in [1.54, 1.807) is 18.2 Å². The van der Waals surface area contributed by atoms with Gasteiger partial charge in [-0.05, 0) is 42.0 Å². The average Bonchev–Trinajstić information content (AvgIpc) is 3.01. The summed E-state index contributed by atoms with van der Waals surface area (Å²) in [6, 6.07) is 10.3. The second-order valence-electron chi connectivity index (χ2n) is 6.79. The molecule has 0 radical (unpaired) electrons. The Bertz CT molecular complexity index is 1080. The quantitative estimate of drug-likeness (QED) is 0.676. The zero-order valence-electron chi connectivity index (χ0n) is 16.0. The number of methoxy groups -OCH3 is 2. The van der Waals surface area contributed by atoms with Gasteiger partial charge in [-0.25, -0.2) is 16.8 Å². The lowest BCUT2D eigenvalue weighted by Crippen LogP contribution is -2.43. The highest BCUT2D eigenvalue weighted by atomic mass is 35.5. The van der Waals surface area contributed by atoms with Gasteiger partial charge in [0.2, 0.25) is 0 Å². The highest BCUT2D eigenvalue weighted by molar-refractivity contribution is 7.96. The summed E-state index contributed by atoms with van der Waals surface area (Å²) in [6.45, 7) is 0.285. The molecule has 0 saturated carbocycles. The van der Waals surface area contributed by atoms with Crippen LogP contribution in [-0.4, -0.2) is 53.9 Å². The van der Waals surface area contributed by atoms with Crippen LogP contribution in [-0.2, 0) is 26.2 Å². The Morgan fingerprint density at radius 1 is 1.03 bits per heavy atom. The third-order valence-electron chi connectivity index (χ3n) is 4.86. The van der Waals surface area contributed by atoms with E-state index in [1.807, 2.05) is 0 Å². The summed E-state index contributed by atoms with van der Waals surface area (Å²) in [5.41, 5.74) is 0.814. The zero-order chi connectivity index (χ0) is 21.2. The average molecular weight is 460 g/mol. The zero-order valence-corrected chi connectivity index (χ0v) is 18.4. The van der Waals surface area contributed by atoms with Gasteiger partial charge < -0.3 is 14.8 Å². The minimum Gasteiger partial charge on any atom is -0.493 e. The van der Waals surface area contributed by atoms with Crippen molar-refractivity contribution >= 4 is 31.3 Å². The fourth-order valence-corrected chi connectivity index (χ4v) is 8.19. The molecule has 2 aromatic rings. The van der Waals surface area contributed by atoms with Gasteiger partial charge in [0.1, 0.15) is 0 Å². The van der Waals surface area contributed by atoms with Crippen molar-refractivity contribution in [3.05, 3.63) is 53.1 Å². The van der Waals surface area contributed by atoms with E-state index in [0.29, 0.717) is 16.5 Å².